The summed E-state index contributed by atoms with van der Waals surface area (Å²) < 4.78 is 26.9. The summed E-state index contributed by atoms with van der Waals surface area (Å²) in [5, 5.41) is 26.6. The Morgan fingerprint density at radius 2 is 1.71 bits per heavy atom. The Labute approximate surface area is 162 Å². The van der Waals surface area contributed by atoms with E-state index in [1.54, 1.807) is 5.38 Å². The molecule has 2 N–H and O–H groups in total. The van der Waals surface area contributed by atoms with Crippen molar-refractivity contribution in [3.8, 4) is 0 Å². The number of non-ortho nitro benzene ring substituents is 1. The third-order valence-electron chi connectivity index (χ3n) is 3.49. The van der Waals surface area contributed by atoms with E-state index in [0.717, 1.165) is 23.5 Å². The molecule has 13 heteroatoms. The highest BCUT2D eigenvalue weighted by atomic mass is 32.2. The minimum Gasteiger partial charge on any atom is -0.350 e. The summed E-state index contributed by atoms with van der Waals surface area (Å²) in [5.74, 6) is 0. The Kier molecular flexibility index (Phi) is 5.19. The smallest absolute Gasteiger partial charge is 0.299 e. The van der Waals surface area contributed by atoms with E-state index in [1.165, 1.54) is 36.5 Å². The summed E-state index contributed by atoms with van der Waals surface area (Å²) in [7, 11) is -3.82. The van der Waals surface area contributed by atoms with Gasteiger partial charge < -0.3 is 5.32 Å². The topological polar surface area (TPSA) is 157 Å². The maximum atomic E-state index is 12.3. The number of rotatable bonds is 7. The van der Waals surface area contributed by atoms with Crippen molar-refractivity contribution in [2.24, 2.45) is 0 Å². The summed E-state index contributed by atoms with van der Waals surface area (Å²) in [6.45, 7) is 0. The molecule has 0 aliphatic heterocycles. The molecule has 0 radical (unpaired) electrons. The lowest BCUT2D eigenvalue weighted by molar-refractivity contribution is -0.393. The van der Waals surface area contributed by atoms with E-state index in [0.29, 0.717) is 5.69 Å². The maximum absolute atomic E-state index is 12.3. The molecule has 0 amide bonds. The summed E-state index contributed by atoms with van der Waals surface area (Å²) in [5.41, 5.74) is -0.486. The monoisotopic (exact) mass is 421 g/mol. The fraction of sp³-hybridized carbons (Fsp3) is 0. The first kappa shape index (κ1) is 19.2. The third kappa shape index (κ3) is 4.21. The summed E-state index contributed by atoms with van der Waals surface area (Å²) in [6.07, 6.45) is 1.46. The number of nitrogens with zero attached hydrogens (tertiary/aromatic N) is 3. The van der Waals surface area contributed by atoms with Crippen LogP contribution in [0.15, 0.2) is 58.9 Å². The Hall–Kier alpha value is -3.58. The quantitative estimate of drug-likeness (QED) is 0.433. The number of hydrogen-bond acceptors (Lipinski definition) is 9. The van der Waals surface area contributed by atoms with Crippen LogP contribution in [0.4, 0.5) is 27.9 Å². The number of thiazole rings is 1. The second kappa shape index (κ2) is 7.58. The normalized spacial score (nSPS) is 11.0. The molecule has 0 unspecified atom stereocenters. The van der Waals surface area contributed by atoms with Crippen LogP contribution in [0.25, 0.3) is 0 Å². The lowest BCUT2D eigenvalue weighted by Gasteiger charge is -2.09. The molecule has 28 heavy (non-hydrogen) atoms. The van der Waals surface area contributed by atoms with Crippen molar-refractivity contribution in [1.82, 2.24) is 4.98 Å². The van der Waals surface area contributed by atoms with Crippen LogP contribution in [0, 0.1) is 20.2 Å². The predicted octanol–water partition coefficient (Wildman–Crippen LogP) is 3.50. The van der Waals surface area contributed by atoms with Gasteiger partial charge in [-0.25, -0.2) is 13.4 Å². The second-order valence-corrected chi connectivity index (χ2v) is 7.88. The zero-order valence-electron chi connectivity index (χ0n) is 13.8. The largest absolute Gasteiger partial charge is 0.350 e. The van der Waals surface area contributed by atoms with E-state index in [-0.39, 0.29) is 15.7 Å². The Morgan fingerprint density at radius 3 is 2.29 bits per heavy atom. The average molecular weight is 421 g/mol. The van der Waals surface area contributed by atoms with Gasteiger partial charge in [-0.3, -0.25) is 25.0 Å². The van der Waals surface area contributed by atoms with Crippen LogP contribution in [0.1, 0.15) is 0 Å². The fourth-order valence-corrected chi connectivity index (χ4v) is 4.00. The molecule has 0 aliphatic carbocycles. The van der Waals surface area contributed by atoms with E-state index in [9.17, 15) is 28.6 Å². The van der Waals surface area contributed by atoms with Crippen LogP contribution in [0.3, 0.4) is 0 Å². The van der Waals surface area contributed by atoms with Crippen molar-refractivity contribution in [2.45, 2.75) is 4.90 Å². The zero-order valence-corrected chi connectivity index (χ0v) is 15.4. The standard InChI is InChI=1S/C15H11N5O6S2/c21-19(22)11-3-6-13(14(9-11)20(23)24)17-10-1-4-12(5-2-10)28(25,26)18-15-16-7-8-27-15/h1-9,17H,(H,16,18). The minimum atomic E-state index is -3.82. The third-order valence-corrected chi connectivity index (χ3v) is 5.66. The van der Waals surface area contributed by atoms with Gasteiger partial charge in [0.2, 0.25) is 0 Å². The molecule has 0 aliphatic rings. The lowest BCUT2D eigenvalue weighted by atomic mass is 10.2. The van der Waals surface area contributed by atoms with Gasteiger partial charge in [-0.15, -0.1) is 11.3 Å². The summed E-state index contributed by atoms with van der Waals surface area (Å²) in [4.78, 5) is 24.3. The van der Waals surface area contributed by atoms with Gasteiger partial charge in [-0.05, 0) is 30.3 Å². The van der Waals surface area contributed by atoms with E-state index in [1.807, 2.05) is 0 Å². The van der Waals surface area contributed by atoms with E-state index >= 15 is 0 Å². The highest BCUT2D eigenvalue weighted by molar-refractivity contribution is 7.93. The molecule has 0 spiro atoms. The molecule has 1 aromatic heterocycles. The van der Waals surface area contributed by atoms with Gasteiger partial charge in [-0.1, -0.05) is 0 Å². The van der Waals surface area contributed by atoms with Crippen molar-refractivity contribution in [1.29, 1.82) is 0 Å². The molecule has 3 rings (SSSR count). The van der Waals surface area contributed by atoms with Crippen molar-refractivity contribution in [2.75, 3.05) is 10.0 Å². The van der Waals surface area contributed by atoms with Crippen LogP contribution in [0.2, 0.25) is 0 Å². The first-order chi connectivity index (χ1) is 13.3. The Balaban J connectivity index is 1.83. The number of nitro benzene ring substituents is 2. The van der Waals surface area contributed by atoms with Crippen LogP contribution in [0.5, 0.6) is 0 Å². The molecule has 11 nitrogen and oxygen atoms in total. The highest BCUT2D eigenvalue weighted by Gasteiger charge is 2.20. The predicted molar refractivity (Wildman–Crippen MR) is 102 cm³/mol. The Bertz CT molecular complexity index is 1130. The van der Waals surface area contributed by atoms with Gasteiger partial charge >= 0.3 is 0 Å². The maximum Gasteiger partial charge on any atom is 0.299 e. The van der Waals surface area contributed by atoms with Crippen molar-refractivity contribution < 1.29 is 18.3 Å². The first-order valence-electron chi connectivity index (χ1n) is 7.48. The summed E-state index contributed by atoms with van der Waals surface area (Å²) >= 11 is 1.13. The molecule has 3 aromatic rings. The van der Waals surface area contributed by atoms with Crippen molar-refractivity contribution in [3.63, 3.8) is 0 Å². The number of nitrogens with one attached hydrogen (secondary N) is 2. The zero-order chi connectivity index (χ0) is 20.3. The second-order valence-electron chi connectivity index (χ2n) is 5.31. The minimum absolute atomic E-state index is 0.0218. The molecular weight excluding hydrogens is 410 g/mol. The van der Waals surface area contributed by atoms with Gasteiger partial charge in [0.25, 0.3) is 21.4 Å². The number of hydrogen-bond donors (Lipinski definition) is 2. The fourth-order valence-electron chi connectivity index (χ4n) is 2.21. The number of nitro groups is 2. The molecule has 0 atom stereocenters. The lowest BCUT2D eigenvalue weighted by Crippen LogP contribution is -2.12. The molecule has 0 saturated carbocycles. The van der Waals surface area contributed by atoms with Crippen molar-refractivity contribution >= 4 is 49.2 Å². The van der Waals surface area contributed by atoms with Crippen LogP contribution >= 0.6 is 11.3 Å². The molecule has 1 heterocycles. The van der Waals surface area contributed by atoms with Gasteiger partial charge in [0.05, 0.1) is 20.8 Å². The molecule has 2 aromatic carbocycles. The van der Waals surface area contributed by atoms with Gasteiger partial charge in [0.1, 0.15) is 5.69 Å². The molecule has 0 bridgehead atoms. The molecule has 0 fully saturated rings. The number of benzene rings is 2. The molecular formula is C15H11N5O6S2. The molecule has 144 valence electrons. The van der Waals surface area contributed by atoms with Crippen LogP contribution < -0.4 is 10.0 Å². The average Bonchev–Trinajstić information content (AvgIpc) is 3.14. The first-order valence-corrected chi connectivity index (χ1v) is 9.85. The van der Waals surface area contributed by atoms with Crippen LogP contribution in [-0.2, 0) is 10.0 Å². The summed E-state index contributed by atoms with van der Waals surface area (Å²) in [6, 6.07) is 8.66. The van der Waals surface area contributed by atoms with Crippen molar-refractivity contribution in [3.05, 3.63) is 74.3 Å². The Morgan fingerprint density at radius 1 is 1.00 bits per heavy atom. The number of anilines is 3. The van der Waals surface area contributed by atoms with Gasteiger partial charge in [-0.2, -0.15) is 0 Å². The highest BCUT2D eigenvalue weighted by Crippen LogP contribution is 2.31. The van der Waals surface area contributed by atoms with E-state index < -0.39 is 31.2 Å². The number of aromatic nitrogens is 1. The van der Waals surface area contributed by atoms with Gasteiger partial charge in [0.15, 0.2) is 5.13 Å². The SMILES string of the molecule is O=[N+]([O-])c1ccc(Nc2ccc(S(=O)(=O)Nc3nccs3)cc2)c([N+](=O)[O-])c1. The van der Waals surface area contributed by atoms with E-state index in [4.69, 9.17) is 0 Å². The van der Waals surface area contributed by atoms with E-state index in [2.05, 4.69) is 15.0 Å². The van der Waals surface area contributed by atoms with Crippen LogP contribution in [-0.4, -0.2) is 23.2 Å². The van der Waals surface area contributed by atoms with Gasteiger partial charge in [0, 0.05) is 23.3 Å². The number of sulfonamides is 1. The molecule has 0 saturated heterocycles.